The molecule has 0 amide bonds. The summed E-state index contributed by atoms with van der Waals surface area (Å²) in [6, 6.07) is 28.9. The van der Waals surface area contributed by atoms with E-state index in [1.807, 2.05) is 30.3 Å². The van der Waals surface area contributed by atoms with Crippen LogP contribution in [0.4, 0.5) is 40.1 Å². The molecule has 0 radical (unpaired) electrons. The maximum absolute atomic E-state index is 12.2. The number of hydrogen-bond donors (Lipinski definition) is 2. The van der Waals surface area contributed by atoms with Crippen LogP contribution in [0, 0.1) is 28.4 Å². The fraction of sp³-hybridized carbons (Fsp3) is 0.0645. The van der Waals surface area contributed by atoms with Gasteiger partial charge in [0.05, 0.1) is 28.3 Å². The monoisotopic (exact) mass is 608 g/mol. The van der Waals surface area contributed by atoms with Crippen molar-refractivity contribution in [3.8, 4) is 6.07 Å². The smallest absolute Gasteiger partial charge is 0.334 e. The van der Waals surface area contributed by atoms with E-state index in [-0.39, 0.29) is 17.3 Å². The number of aryl methyl sites for hydroxylation is 1. The Morgan fingerprint density at radius 1 is 0.884 bits per heavy atom. The second-order valence-electron chi connectivity index (χ2n) is 9.31. The van der Waals surface area contributed by atoms with E-state index in [0.717, 1.165) is 11.3 Å². The van der Waals surface area contributed by atoms with Crippen LogP contribution in [0.5, 0.6) is 0 Å². The number of rotatable bonds is 9. The topological polar surface area (TPSA) is 141 Å². The van der Waals surface area contributed by atoms with Crippen LogP contribution in [0.15, 0.2) is 108 Å². The van der Waals surface area contributed by atoms with E-state index in [4.69, 9.17) is 23.2 Å². The molecule has 1 atom stereocenters. The first-order valence-electron chi connectivity index (χ1n) is 12.9. The van der Waals surface area contributed by atoms with Gasteiger partial charge < -0.3 is 10.6 Å². The van der Waals surface area contributed by atoms with E-state index >= 15 is 0 Å². The predicted molar refractivity (Wildman–Crippen MR) is 167 cm³/mol. The molecular formula is C31H22Cl2N8O2. The van der Waals surface area contributed by atoms with Crippen molar-refractivity contribution >= 4 is 63.3 Å². The summed E-state index contributed by atoms with van der Waals surface area (Å²) in [6.45, 7) is 1.81. The summed E-state index contributed by atoms with van der Waals surface area (Å²) < 4.78 is 0. The molecule has 212 valence electrons. The van der Waals surface area contributed by atoms with Gasteiger partial charge in [-0.05, 0) is 78.2 Å². The Balaban J connectivity index is 1.38. The Hall–Kier alpha value is -5.37. The van der Waals surface area contributed by atoms with Crippen LogP contribution in [0.3, 0.4) is 0 Å². The molecule has 4 aromatic carbocycles. The van der Waals surface area contributed by atoms with Crippen molar-refractivity contribution in [3.05, 3.63) is 134 Å². The van der Waals surface area contributed by atoms with E-state index in [0.29, 0.717) is 38.2 Å². The van der Waals surface area contributed by atoms with Gasteiger partial charge in [-0.15, -0.1) is 0 Å². The molecule has 0 aliphatic rings. The average molecular weight is 609 g/mol. The Morgan fingerprint density at radius 2 is 1.51 bits per heavy atom. The lowest BCUT2D eigenvalue weighted by atomic mass is 9.91. The molecule has 1 heterocycles. The number of benzene rings is 4. The molecule has 0 fully saturated rings. The summed E-state index contributed by atoms with van der Waals surface area (Å²) >= 11 is 12.6. The van der Waals surface area contributed by atoms with Crippen LogP contribution >= 0.6 is 23.2 Å². The van der Waals surface area contributed by atoms with Crippen LogP contribution in [0.25, 0.3) is 0 Å². The molecular weight excluding hydrogens is 587 g/mol. The first-order valence-corrected chi connectivity index (χ1v) is 13.6. The van der Waals surface area contributed by atoms with E-state index in [1.54, 1.807) is 67.6 Å². The minimum absolute atomic E-state index is 0.00573. The molecule has 0 bridgehead atoms. The minimum atomic E-state index is -0.632. The maximum atomic E-state index is 12.2. The van der Waals surface area contributed by atoms with Crippen molar-refractivity contribution in [2.45, 2.75) is 12.8 Å². The molecule has 12 heteroatoms. The molecule has 10 nitrogen and oxygen atoms in total. The van der Waals surface area contributed by atoms with Crippen LogP contribution in [0.2, 0.25) is 10.0 Å². The highest BCUT2D eigenvalue weighted by molar-refractivity contribution is 6.32. The molecule has 0 saturated carbocycles. The molecule has 0 spiro atoms. The first kappa shape index (κ1) is 29.1. The zero-order chi connectivity index (χ0) is 30.3. The normalized spacial score (nSPS) is 11.6. The maximum Gasteiger partial charge on any atom is 0.353 e. The lowest BCUT2D eigenvalue weighted by Crippen LogP contribution is -2.07. The highest BCUT2D eigenvalue weighted by atomic mass is 35.5. The molecule has 2 N–H and O–H groups in total. The average Bonchev–Trinajstić information content (AvgIpc) is 3.01. The summed E-state index contributed by atoms with van der Waals surface area (Å²) in [4.78, 5) is 19.8. The van der Waals surface area contributed by atoms with Gasteiger partial charge in [-0.3, -0.25) is 10.1 Å². The van der Waals surface area contributed by atoms with Gasteiger partial charge in [0, 0.05) is 21.4 Å². The molecule has 5 rings (SSSR count). The standard InChI is InChI=1S/C31H22Cl2N8O2/c1-19-15-25(26(17-34)20-7-9-21(32)10-8-20)27(33)16-28(19)38-31-29(41(42)43)30(35-18-36-31)37-22-11-13-24(14-12-22)40-39-23-5-3-2-4-6-23/h2-16,18,26H,1H3,(H2,35,36,37,38). The van der Waals surface area contributed by atoms with Crippen molar-refractivity contribution in [2.24, 2.45) is 10.2 Å². The third-order valence-corrected chi connectivity index (χ3v) is 6.99. The third-order valence-electron chi connectivity index (χ3n) is 6.41. The van der Waals surface area contributed by atoms with Crippen LogP contribution in [-0.2, 0) is 0 Å². The number of halogens is 2. The molecule has 0 aliphatic heterocycles. The van der Waals surface area contributed by atoms with Crippen molar-refractivity contribution < 1.29 is 4.92 Å². The number of nitrogens with zero attached hydrogens (tertiary/aromatic N) is 6. The fourth-order valence-electron chi connectivity index (χ4n) is 4.26. The van der Waals surface area contributed by atoms with Crippen molar-refractivity contribution in [1.29, 1.82) is 5.26 Å². The van der Waals surface area contributed by atoms with Crippen LogP contribution in [-0.4, -0.2) is 14.9 Å². The second kappa shape index (κ2) is 13.1. The van der Waals surface area contributed by atoms with Gasteiger partial charge in [0.15, 0.2) is 0 Å². The number of aromatic nitrogens is 2. The first-order chi connectivity index (χ1) is 20.8. The fourth-order valence-corrected chi connectivity index (χ4v) is 4.66. The quantitative estimate of drug-likeness (QED) is 0.0963. The summed E-state index contributed by atoms with van der Waals surface area (Å²) in [7, 11) is 0. The van der Waals surface area contributed by atoms with Crippen molar-refractivity contribution in [1.82, 2.24) is 9.97 Å². The number of nitrogens with one attached hydrogen (secondary N) is 2. The molecule has 5 aromatic rings. The molecule has 1 unspecified atom stereocenters. The summed E-state index contributed by atoms with van der Waals surface area (Å²) in [5, 5.41) is 37.3. The highest BCUT2D eigenvalue weighted by Crippen LogP contribution is 2.38. The molecule has 0 saturated heterocycles. The van der Waals surface area contributed by atoms with Gasteiger partial charge in [-0.1, -0.05) is 59.6 Å². The van der Waals surface area contributed by atoms with Crippen LogP contribution < -0.4 is 10.6 Å². The van der Waals surface area contributed by atoms with Gasteiger partial charge >= 0.3 is 5.69 Å². The number of anilines is 4. The summed E-state index contributed by atoms with van der Waals surface area (Å²) in [5.41, 5.74) is 4.06. The zero-order valence-corrected chi connectivity index (χ0v) is 24.1. The van der Waals surface area contributed by atoms with E-state index < -0.39 is 10.8 Å². The van der Waals surface area contributed by atoms with Gasteiger partial charge in [0.1, 0.15) is 6.33 Å². The minimum Gasteiger partial charge on any atom is -0.334 e. The highest BCUT2D eigenvalue weighted by Gasteiger charge is 2.25. The van der Waals surface area contributed by atoms with E-state index in [1.165, 1.54) is 6.33 Å². The number of nitriles is 1. The van der Waals surface area contributed by atoms with Crippen molar-refractivity contribution in [3.63, 3.8) is 0 Å². The number of azo groups is 1. The predicted octanol–water partition coefficient (Wildman–Crippen LogP) is 9.56. The van der Waals surface area contributed by atoms with Gasteiger partial charge in [0.25, 0.3) is 0 Å². The van der Waals surface area contributed by atoms with Gasteiger partial charge in [0.2, 0.25) is 11.6 Å². The molecule has 0 aliphatic carbocycles. The molecule has 43 heavy (non-hydrogen) atoms. The van der Waals surface area contributed by atoms with Gasteiger partial charge in [-0.25, -0.2) is 9.97 Å². The second-order valence-corrected chi connectivity index (χ2v) is 10.2. The molecule has 1 aromatic heterocycles. The van der Waals surface area contributed by atoms with E-state index in [9.17, 15) is 15.4 Å². The lowest BCUT2D eigenvalue weighted by molar-refractivity contribution is -0.383. The third kappa shape index (κ3) is 6.93. The Morgan fingerprint density at radius 3 is 2.14 bits per heavy atom. The number of hydrogen-bond acceptors (Lipinski definition) is 9. The van der Waals surface area contributed by atoms with Gasteiger partial charge in [-0.2, -0.15) is 15.5 Å². The lowest BCUT2D eigenvalue weighted by Gasteiger charge is -2.17. The Kier molecular flexibility index (Phi) is 8.86. The van der Waals surface area contributed by atoms with Crippen molar-refractivity contribution in [2.75, 3.05) is 10.6 Å². The Bertz CT molecular complexity index is 1840. The summed E-state index contributed by atoms with van der Waals surface area (Å²) in [5.74, 6) is -0.668. The van der Waals surface area contributed by atoms with Crippen LogP contribution in [0.1, 0.15) is 22.6 Å². The zero-order valence-electron chi connectivity index (χ0n) is 22.6. The Labute approximate surface area is 256 Å². The number of nitro groups is 1. The summed E-state index contributed by atoms with van der Waals surface area (Å²) in [6.07, 6.45) is 1.22. The van der Waals surface area contributed by atoms with E-state index in [2.05, 4.69) is 36.9 Å². The largest absolute Gasteiger partial charge is 0.353 e. The SMILES string of the molecule is Cc1cc(C(C#N)c2ccc(Cl)cc2)c(Cl)cc1Nc1ncnc(Nc2ccc(N=Nc3ccccc3)cc2)c1[N+](=O)[O-].